The first kappa shape index (κ1) is 15.5. The van der Waals surface area contributed by atoms with Crippen LogP contribution in [0, 0.1) is 5.92 Å². The molecule has 1 amide bonds. The molecule has 0 atom stereocenters. The highest BCUT2D eigenvalue weighted by Crippen LogP contribution is 2.19. The van der Waals surface area contributed by atoms with Crippen molar-refractivity contribution in [2.45, 2.75) is 13.8 Å². The van der Waals surface area contributed by atoms with Crippen LogP contribution in [0.4, 0.5) is 5.69 Å². The third-order valence-electron chi connectivity index (χ3n) is 2.66. The van der Waals surface area contributed by atoms with Crippen molar-refractivity contribution in [2.75, 3.05) is 11.9 Å². The molecule has 0 saturated carbocycles. The van der Waals surface area contributed by atoms with Crippen molar-refractivity contribution in [1.29, 1.82) is 0 Å². The van der Waals surface area contributed by atoms with Gasteiger partial charge in [0, 0.05) is 18.0 Å². The Morgan fingerprint density at radius 2 is 2.14 bits per heavy atom. The summed E-state index contributed by atoms with van der Waals surface area (Å²) in [7, 11) is 0. The summed E-state index contributed by atoms with van der Waals surface area (Å²) in [4.78, 5) is 16.1. The van der Waals surface area contributed by atoms with Gasteiger partial charge in [0.15, 0.2) is 0 Å². The van der Waals surface area contributed by atoms with Gasteiger partial charge in [-0.1, -0.05) is 19.9 Å². The number of anilines is 1. The molecule has 1 N–H and O–H groups in total. The van der Waals surface area contributed by atoms with E-state index >= 15 is 0 Å². The summed E-state index contributed by atoms with van der Waals surface area (Å²) in [5, 5.41) is 2.83. The lowest BCUT2D eigenvalue weighted by atomic mass is 10.2. The van der Waals surface area contributed by atoms with Crippen LogP contribution in [0.2, 0.25) is 0 Å². The van der Waals surface area contributed by atoms with Crippen LogP contribution < -0.4 is 10.1 Å². The smallest absolute Gasteiger partial charge is 0.257 e. The van der Waals surface area contributed by atoms with Crippen LogP contribution in [0.25, 0.3) is 0 Å². The number of aromatic nitrogens is 1. The van der Waals surface area contributed by atoms with Crippen molar-refractivity contribution < 1.29 is 9.53 Å². The molecule has 5 heteroatoms. The molecule has 2 rings (SSSR count). The van der Waals surface area contributed by atoms with E-state index in [4.69, 9.17) is 4.74 Å². The minimum atomic E-state index is -0.198. The molecule has 0 bridgehead atoms. The van der Waals surface area contributed by atoms with Gasteiger partial charge in [-0.2, -0.15) is 0 Å². The number of rotatable bonds is 5. The molecule has 0 fully saturated rings. The van der Waals surface area contributed by atoms with Crippen molar-refractivity contribution in [3.8, 4) is 5.75 Å². The number of carbonyl (C=O) groups is 1. The Hall–Kier alpha value is -1.88. The van der Waals surface area contributed by atoms with E-state index in [0.717, 1.165) is 5.75 Å². The summed E-state index contributed by atoms with van der Waals surface area (Å²) in [5.74, 6) is 1.00. The lowest BCUT2D eigenvalue weighted by molar-refractivity contribution is 0.102. The third-order valence-corrected chi connectivity index (χ3v) is 3.13. The molecule has 0 saturated heterocycles. The van der Waals surface area contributed by atoms with Gasteiger partial charge in [0.1, 0.15) is 10.4 Å². The fourth-order valence-corrected chi connectivity index (χ4v) is 1.87. The predicted molar refractivity (Wildman–Crippen MR) is 86.7 cm³/mol. The zero-order valence-electron chi connectivity index (χ0n) is 12.0. The fraction of sp³-hybridized carbons (Fsp3) is 0.250. The quantitative estimate of drug-likeness (QED) is 0.826. The highest BCUT2D eigenvalue weighted by Gasteiger charge is 2.07. The van der Waals surface area contributed by atoms with Crippen LogP contribution in [0.15, 0.2) is 47.2 Å². The number of nitrogens with zero attached hydrogens (tertiary/aromatic N) is 1. The monoisotopic (exact) mass is 348 g/mol. The number of hydrogen-bond acceptors (Lipinski definition) is 3. The number of carbonyl (C=O) groups excluding carboxylic acids is 1. The number of nitrogens with one attached hydrogen (secondary N) is 1. The Kier molecular flexibility index (Phi) is 5.33. The molecule has 1 aromatic carbocycles. The van der Waals surface area contributed by atoms with Gasteiger partial charge in [0.05, 0.1) is 12.2 Å². The molecule has 0 radical (unpaired) electrons. The molecule has 0 aliphatic heterocycles. The fourth-order valence-electron chi connectivity index (χ4n) is 1.64. The predicted octanol–water partition coefficient (Wildman–Crippen LogP) is 4.13. The number of hydrogen-bond donors (Lipinski definition) is 1. The van der Waals surface area contributed by atoms with Crippen molar-refractivity contribution in [3.63, 3.8) is 0 Å². The Bertz CT molecular complexity index is 612. The van der Waals surface area contributed by atoms with Gasteiger partial charge in [-0.3, -0.25) is 4.79 Å². The minimum absolute atomic E-state index is 0.198. The summed E-state index contributed by atoms with van der Waals surface area (Å²) in [6.45, 7) is 4.83. The van der Waals surface area contributed by atoms with Crippen molar-refractivity contribution in [2.24, 2.45) is 5.92 Å². The molecule has 0 aliphatic carbocycles. The van der Waals surface area contributed by atoms with Gasteiger partial charge in [0.25, 0.3) is 5.91 Å². The Balaban J connectivity index is 2.03. The summed E-state index contributed by atoms with van der Waals surface area (Å²) in [5.41, 5.74) is 1.20. The second kappa shape index (κ2) is 7.22. The SMILES string of the molecule is CC(C)COc1cccc(NC(=O)c2ccc(Br)nc2)c1. The maximum absolute atomic E-state index is 12.1. The summed E-state index contributed by atoms with van der Waals surface area (Å²) < 4.78 is 6.34. The largest absolute Gasteiger partial charge is 0.493 e. The number of amides is 1. The molecule has 2 aromatic rings. The van der Waals surface area contributed by atoms with Gasteiger partial charge >= 0.3 is 0 Å². The van der Waals surface area contributed by atoms with Crippen molar-refractivity contribution in [1.82, 2.24) is 4.98 Å². The van der Waals surface area contributed by atoms with E-state index < -0.39 is 0 Å². The number of benzene rings is 1. The van der Waals surface area contributed by atoms with Gasteiger partial charge in [-0.25, -0.2) is 4.98 Å². The summed E-state index contributed by atoms with van der Waals surface area (Å²) >= 11 is 3.24. The molecule has 1 aromatic heterocycles. The normalized spacial score (nSPS) is 10.5. The Morgan fingerprint density at radius 3 is 2.81 bits per heavy atom. The maximum Gasteiger partial charge on any atom is 0.257 e. The highest BCUT2D eigenvalue weighted by atomic mass is 79.9. The minimum Gasteiger partial charge on any atom is -0.493 e. The van der Waals surface area contributed by atoms with Crippen molar-refractivity contribution in [3.05, 3.63) is 52.8 Å². The van der Waals surface area contributed by atoms with Crippen LogP contribution in [0.3, 0.4) is 0 Å². The molecule has 0 unspecified atom stereocenters. The van der Waals surface area contributed by atoms with Crippen LogP contribution >= 0.6 is 15.9 Å². The lowest BCUT2D eigenvalue weighted by Gasteiger charge is -2.10. The van der Waals surface area contributed by atoms with Crippen LogP contribution in [-0.4, -0.2) is 17.5 Å². The lowest BCUT2D eigenvalue weighted by Crippen LogP contribution is -2.12. The van der Waals surface area contributed by atoms with Gasteiger partial charge in [-0.05, 0) is 46.1 Å². The number of halogens is 1. The maximum atomic E-state index is 12.1. The van der Waals surface area contributed by atoms with E-state index in [-0.39, 0.29) is 5.91 Å². The first-order chi connectivity index (χ1) is 10.0. The average molecular weight is 349 g/mol. The summed E-state index contributed by atoms with van der Waals surface area (Å²) in [6.07, 6.45) is 1.53. The number of ether oxygens (including phenoxy) is 1. The van der Waals surface area contributed by atoms with Crippen LogP contribution in [0.1, 0.15) is 24.2 Å². The van der Waals surface area contributed by atoms with E-state index in [1.165, 1.54) is 6.20 Å². The molecular weight excluding hydrogens is 332 g/mol. The van der Waals surface area contributed by atoms with Crippen molar-refractivity contribution >= 4 is 27.5 Å². The Morgan fingerprint density at radius 1 is 1.33 bits per heavy atom. The molecule has 0 aliphatic rings. The van der Waals surface area contributed by atoms with E-state index in [0.29, 0.717) is 28.4 Å². The number of pyridine rings is 1. The second-order valence-corrected chi connectivity index (χ2v) is 5.87. The van der Waals surface area contributed by atoms with E-state index in [9.17, 15) is 4.79 Å². The highest BCUT2D eigenvalue weighted by molar-refractivity contribution is 9.10. The molecule has 4 nitrogen and oxygen atoms in total. The molecule has 0 spiro atoms. The second-order valence-electron chi connectivity index (χ2n) is 5.06. The van der Waals surface area contributed by atoms with Gasteiger partial charge in [0.2, 0.25) is 0 Å². The van der Waals surface area contributed by atoms with Gasteiger partial charge in [-0.15, -0.1) is 0 Å². The van der Waals surface area contributed by atoms with E-state index in [2.05, 4.69) is 40.1 Å². The topological polar surface area (TPSA) is 51.2 Å². The van der Waals surface area contributed by atoms with E-state index in [1.54, 1.807) is 12.1 Å². The van der Waals surface area contributed by atoms with Crippen LogP contribution in [0.5, 0.6) is 5.75 Å². The van der Waals surface area contributed by atoms with Crippen LogP contribution in [-0.2, 0) is 0 Å². The molecule has 110 valence electrons. The first-order valence-electron chi connectivity index (χ1n) is 6.70. The standard InChI is InChI=1S/C16H17BrN2O2/c1-11(2)10-21-14-5-3-4-13(8-14)19-16(20)12-6-7-15(17)18-9-12/h3-9,11H,10H2,1-2H3,(H,19,20). The van der Waals surface area contributed by atoms with E-state index in [1.807, 2.05) is 24.3 Å². The zero-order valence-corrected chi connectivity index (χ0v) is 13.6. The molecule has 21 heavy (non-hydrogen) atoms. The summed E-state index contributed by atoms with van der Waals surface area (Å²) in [6, 6.07) is 10.8. The Labute approximate surface area is 132 Å². The third kappa shape index (κ3) is 4.86. The molecular formula is C16H17BrN2O2. The molecule has 1 heterocycles. The first-order valence-corrected chi connectivity index (χ1v) is 7.49. The zero-order chi connectivity index (χ0) is 15.2. The average Bonchev–Trinajstić information content (AvgIpc) is 2.46. The van der Waals surface area contributed by atoms with Gasteiger partial charge < -0.3 is 10.1 Å².